The summed E-state index contributed by atoms with van der Waals surface area (Å²) in [5.74, 6) is -0.146. The molecule has 0 saturated carbocycles. The number of nitrogens with two attached hydrogens (primary N) is 1. The molecule has 3 heterocycles. The van der Waals surface area contributed by atoms with Crippen molar-refractivity contribution in [3.05, 3.63) is 41.5 Å². The lowest BCUT2D eigenvalue weighted by molar-refractivity contribution is -0.127. The molecule has 2 aromatic heterocycles. The largest absolute Gasteiger partial charge is 0.366 e. The fraction of sp³-hybridized carbons (Fsp3) is 0.500. The minimum Gasteiger partial charge on any atom is -0.366 e. The zero-order chi connectivity index (χ0) is 20.1. The summed E-state index contributed by atoms with van der Waals surface area (Å²) in [6.07, 6.45) is 9.02. The van der Waals surface area contributed by atoms with Gasteiger partial charge in [0.15, 0.2) is 0 Å². The maximum absolute atomic E-state index is 12.3. The molecule has 0 unspecified atom stereocenters. The van der Waals surface area contributed by atoms with Gasteiger partial charge in [0.25, 0.3) is 5.91 Å². The first kappa shape index (κ1) is 20.1. The van der Waals surface area contributed by atoms with Crippen LogP contribution >= 0.6 is 0 Å². The predicted molar refractivity (Wildman–Crippen MR) is 110 cm³/mol. The maximum atomic E-state index is 12.3. The van der Waals surface area contributed by atoms with Gasteiger partial charge in [0, 0.05) is 61.0 Å². The summed E-state index contributed by atoms with van der Waals surface area (Å²) in [5.41, 5.74) is 10.3. The number of carbonyl (C=O) groups is 2. The fourth-order valence-electron chi connectivity index (χ4n) is 4.19. The van der Waals surface area contributed by atoms with E-state index >= 15 is 0 Å². The van der Waals surface area contributed by atoms with E-state index in [4.69, 9.17) is 5.73 Å². The van der Waals surface area contributed by atoms with Crippen LogP contribution in [0.4, 0.5) is 0 Å². The minimum atomic E-state index is -0.400. The number of unbranched alkanes of at least 4 members (excludes halogenated alkanes) is 1. The lowest BCUT2D eigenvalue weighted by Crippen LogP contribution is -2.26. The Bertz CT molecular complexity index is 842. The van der Waals surface area contributed by atoms with Crippen LogP contribution in [0.15, 0.2) is 24.5 Å². The van der Waals surface area contributed by atoms with Gasteiger partial charge in [-0.3, -0.25) is 14.6 Å². The van der Waals surface area contributed by atoms with Crippen LogP contribution in [0, 0.1) is 6.92 Å². The van der Waals surface area contributed by atoms with Crippen LogP contribution in [-0.4, -0.2) is 39.4 Å². The topological polar surface area (TPSA) is 81.2 Å². The first-order valence-corrected chi connectivity index (χ1v) is 10.2. The Labute approximate surface area is 166 Å². The number of hydrogen-bond acceptors (Lipinski definition) is 3. The Balaban J connectivity index is 1.95. The molecule has 3 rings (SSSR count). The lowest BCUT2D eigenvalue weighted by Gasteiger charge is -2.17. The monoisotopic (exact) mass is 382 g/mol. The third kappa shape index (κ3) is 4.11. The van der Waals surface area contributed by atoms with E-state index < -0.39 is 5.91 Å². The van der Waals surface area contributed by atoms with Crippen LogP contribution in [-0.2, 0) is 17.8 Å². The summed E-state index contributed by atoms with van der Waals surface area (Å²) in [7, 11) is 0. The number of aromatic nitrogens is 2. The number of pyridine rings is 1. The first-order valence-electron chi connectivity index (χ1n) is 10.2. The van der Waals surface area contributed by atoms with E-state index in [0.717, 1.165) is 74.3 Å². The normalized spacial score (nSPS) is 14.1. The molecule has 0 bridgehead atoms. The zero-order valence-corrected chi connectivity index (χ0v) is 16.9. The van der Waals surface area contributed by atoms with Crippen molar-refractivity contribution in [3.8, 4) is 11.1 Å². The van der Waals surface area contributed by atoms with Crippen LogP contribution in [0.5, 0.6) is 0 Å². The van der Waals surface area contributed by atoms with Crippen molar-refractivity contribution in [3.63, 3.8) is 0 Å². The molecule has 150 valence electrons. The molecule has 1 fully saturated rings. The molecule has 2 amide bonds. The van der Waals surface area contributed by atoms with Crippen LogP contribution in [0.3, 0.4) is 0 Å². The Morgan fingerprint density at radius 1 is 1.29 bits per heavy atom. The first-order chi connectivity index (χ1) is 13.5. The van der Waals surface area contributed by atoms with E-state index in [1.807, 2.05) is 24.0 Å². The number of rotatable bonds is 9. The van der Waals surface area contributed by atoms with Crippen molar-refractivity contribution < 1.29 is 9.59 Å². The highest BCUT2D eigenvalue weighted by atomic mass is 16.2. The van der Waals surface area contributed by atoms with Gasteiger partial charge in [-0.2, -0.15) is 0 Å². The van der Waals surface area contributed by atoms with E-state index in [0.29, 0.717) is 12.0 Å². The average Bonchev–Trinajstić information content (AvgIpc) is 3.22. The van der Waals surface area contributed by atoms with E-state index in [1.165, 1.54) is 0 Å². The summed E-state index contributed by atoms with van der Waals surface area (Å²) >= 11 is 0. The molecular weight excluding hydrogens is 352 g/mol. The zero-order valence-electron chi connectivity index (χ0n) is 16.9. The molecule has 0 radical (unpaired) electrons. The quantitative estimate of drug-likeness (QED) is 0.722. The third-order valence-electron chi connectivity index (χ3n) is 5.58. The SMILES string of the molecule is CCCCc1c(-c2cccnc2)c(C(N)=O)c(C)n1CCCN1CCCC1=O. The fourth-order valence-corrected chi connectivity index (χ4v) is 4.19. The standard InChI is InChI=1S/C22H30N4O2/c1-3-4-9-18-21(17-8-5-11-24-15-17)20(22(23)28)16(2)26(18)14-7-13-25-12-6-10-19(25)27/h5,8,11,15H,3-4,6-7,9-10,12-14H2,1-2H3,(H2,23,28). The van der Waals surface area contributed by atoms with Crippen LogP contribution in [0.25, 0.3) is 11.1 Å². The molecule has 2 N–H and O–H groups in total. The number of amides is 2. The van der Waals surface area contributed by atoms with Crippen LogP contribution in [0.1, 0.15) is 60.8 Å². The van der Waals surface area contributed by atoms with Crippen molar-refractivity contribution in [2.75, 3.05) is 13.1 Å². The van der Waals surface area contributed by atoms with E-state index in [9.17, 15) is 9.59 Å². The van der Waals surface area contributed by atoms with E-state index in [2.05, 4.69) is 16.5 Å². The van der Waals surface area contributed by atoms with Gasteiger partial charge < -0.3 is 15.2 Å². The van der Waals surface area contributed by atoms with Gasteiger partial charge in [-0.25, -0.2) is 0 Å². The van der Waals surface area contributed by atoms with Gasteiger partial charge >= 0.3 is 0 Å². The molecule has 1 saturated heterocycles. The molecule has 0 spiro atoms. The molecule has 0 atom stereocenters. The molecule has 1 aliphatic rings. The predicted octanol–water partition coefficient (Wildman–Crippen LogP) is 3.31. The molecule has 6 nitrogen and oxygen atoms in total. The van der Waals surface area contributed by atoms with Gasteiger partial charge in [-0.05, 0) is 38.7 Å². The van der Waals surface area contributed by atoms with Crippen molar-refractivity contribution in [1.29, 1.82) is 0 Å². The number of hydrogen-bond donors (Lipinski definition) is 1. The summed E-state index contributed by atoms with van der Waals surface area (Å²) in [6.45, 7) is 6.53. The summed E-state index contributed by atoms with van der Waals surface area (Å²) < 4.78 is 2.23. The van der Waals surface area contributed by atoms with Crippen LogP contribution in [0.2, 0.25) is 0 Å². The van der Waals surface area contributed by atoms with Gasteiger partial charge in [0.2, 0.25) is 5.91 Å². The number of carbonyl (C=O) groups excluding carboxylic acids is 2. The Kier molecular flexibility index (Phi) is 6.49. The lowest BCUT2D eigenvalue weighted by atomic mass is 9.99. The van der Waals surface area contributed by atoms with Crippen LogP contribution < -0.4 is 5.73 Å². The highest BCUT2D eigenvalue weighted by molar-refractivity contribution is 6.02. The van der Waals surface area contributed by atoms with Gasteiger partial charge in [-0.15, -0.1) is 0 Å². The molecule has 1 aliphatic heterocycles. The van der Waals surface area contributed by atoms with E-state index in [-0.39, 0.29) is 5.91 Å². The third-order valence-corrected chi connectivity index (χ3v) is 5.58. The Morgan fingerprint density at radius 3 is 2.71 bits per heavy atom. The smallest absolute Gasteiger partial charge is 0.251 e. The molecule has 2 aromatic rings. The van der Waals surface area contributed by atoms with Gasteiger partial charge in [-0.1, -0.05) is 19.4 Å². The molecule has 0 aliphatic carbocycles. The van der Waals surface area contributed by atoms with Crippen molar-refractivity contribution in [1.82, 2.24) is 14.5 Å². The van der Waals surface area contributed by atoms with Crippen molar-refractivity contribution in [2.45, 2.75) is 58.9 Å². The molecular formula is C22H30N4O2. The average molecular weight is 383 g/mol. The second-order valence-corrected chi connectivity index (χ2v) is 7.48. The Hall–Kier alpha value is -2.63. The highest BCUT2D eigenvalue weighted by Crippen LogP contribution is 2.33. The molecule has 0 aromatic carbocycles. The second-order valence-electron chi connectivity index (χ2n) is 7.48. The summed E-state index contributed by atoms with van der Waals surface area (Å²) in [4.78, 5) is 30.4. The molecule has 6 heteroatoms. The highest BCUT2D eigenvalue weighted by Gasteiger charge is 2.25. The van der Waals surface area contributed by atoms with Crippen molar-refractivity contribution >= 4 is 11.8 Å². The minimum absolute atomic E-state index is 0.254. The van der Waals surface area contributed by atoms with E-state index in [1.54, 1.807) is 12.4 Å². The number of primary amides is 1. The number of nitrogens with zero attached hydrogens (tertiary/aromatic N) is 3. The summed E-state index contributed by atoms with van der Waals surface area (Å²) in [5, 5.41) is 0. The summed E-state index contributed by atoms with van der Waals surface area (Å²) in [6, 6.07) is 3.87. The van der Waals surface area contributed by atoms with Gasteiger partial charge in [0.05, 0.1) is 5.56 Å². The molecule has 28 heavy (non-hydrogen) atoms. The number of likely N-dealkylation sites (tertiary alicyclic amines) is 1. The van der Waals surface area contributed by atoms with Gasteiger partial charge in [0.1, 0.15) is 0 Å². The van der Waals surface area contributed by atoms with Crippen molar-refractivity contribution in [2.24, 2.45) is 5.73 Å². The second kappa shape index (κ2) is 9.04. The Morgan fingerprint density at radius 2 is 2.11 bits per heavy atom. The maximum Gasteiger partial charge on any atom is 0.251 e.